The minimum atomic E-state index is 0.295. The summed E-state index contributed by atoms with van der Waals surface area (Å²) in [5.74, 6) is 1.28. The Labute approximate surface area is 113 Å². The van der Waals surface area contributed by atoms with E-state index in [2.05, 4.69) is 15.2 Å². The second-order valence-electron chi connectivity index (χ2n) is 5.11. The second kappa shape index (κ2) is 5.05. The molecule has 2 N–H and O–H groups in total. The zero-order valence-electron chi connectivity index (χ0n) is 11.1. The molecule has 4 nitrogen and oxygen atoms in total. The van der Waals surface area contributed by atoms with Gasteiger partial charge in [0.05, 0.1) is 0 Å². The number of phenols is 1. The van der Waals surface area contributed by atoms with E-state index in [1.165, 1.54) is 12.8 Å². The summed E-state index contributed by atoms with van der Waals surface area (Å²) in [4.78, 5) is 6.84. The Morgan fingerprint density at radius 2 is 2.26 bits per heavy atom. The summed E-state index contributed by atoms with van der Waals surface area (Å²) in [6.07, 6.45) is 4.23. The van der Waals surface area contributed by atoms with Crippen LogP contribution in [-0.2, 0) is 0 Å². The molecule has 3 rings (SSSR count). The maximum atomic E-state index is 9.69. The Bertz CT molecular complexity index is 585. The first-order chi connectivity index (χ1) is 9.28. The van der Waals surface area contributed by atoms with Crippen molar-refractivity contribution in [2.75, 3.05) is 25.0 Å². The minimum Gasteiger partial charge on any atom is -0.508 e. The van der Waals surface area contributed by atoms with Crippen LogP contribution >= 0.6 is 0 Å². The van der Waals surface area contributed by atoms with Crippen molar-refractivity contribution in [3.8, 4) is 5.75 Å². The molecule has 0 radical (unpaired) electrons. The fraction of sp³-hybridized carbons (Fsp3) is 0.400. The molecule has 1 aromatic heterocycles. The van der Waals surface area contributed by atoms with Crippen LogP contribution in [0, 0.1) is 0 Å². The van der Waals surface area contributed by atoms with E-state index in [1.54, 1.807) is 12.1 Å². The van der Waals surface area contributed by atoms with E-state index in [0.29, 0.717) is 11.8 Å². The molecule has 1 unspecified atom stereocenters. The molecule has 0 saturated carbocycles. The Kier molecular flexibility index (Phi) is 3.25. The van der Waals surface area contributed by atoms with Gasteiger partial charge in [0.15, 0.2) is 0 Å². The first-order valence-corrected chi connectivity index (χ1v) is 6.78. The van der Waals surface area contributed by atoms with Gasteiger partial charge in [-0.05, 0) is 43.5 Å². The number of pyridine rings is 1. The van der Waals surface area contributed by atoms with Crippen molar-refractivity contribution in [3.63, 3.8) is 0 Å². The van der Waals surface area contributed by atoms with Gasteiger partial charge in [0.25, 0.3) is 0 Å². The van der Waals surface area contributed by atoms with Gasteiger partial charge in [-0.15, -0.1) is 0 Å². The lowest BCUT2D eigenvalue weighted by Crippen LogP contribution is -2.44. The van der Waals surface area contributed by atoms with Crippen molar-refractivity contribution < 1.29 is 5.11 Å². The number of rotatable bonds is 2. The minimum absolute atomic E-state index is 0.295. The van der Waals surface area contributed by atoms with Gasteiger partial charge in [-0.2, -0.15) is 0 Å². The third kappa shape index (κ3) is 2.36. The van der Waals surface area contributed by atoms with Crippen molar-refractivity contribution in [3.05, 3.63) is 30.5 Å². The maximum Gasteiger partial charge on any atom is 0.136 e. The van der Waals surface area contributed by atoms with Crippen LogP contribution in [0.1, 0.15) is 12.8 Å². The van der Waals surface area contributed by atoms with Crippen LogP contribution in [0.5, 0.6) is 5.75 Å². The molecule has 100 valence electrons. The number of aromatic nitrogens is 1. The summed E-state index contributed by atoms with van der Waals surface area (Å²) in [7, 11) is 2.01. The SMILES string of the molecule is CNC1CCCN(c2nccc3ccc(O)cc23)C1. The zero-order chi connectivity index (χ0) is 13.2. The molecule has 0 amide bonds. The highest BCUT2D eigenvalue weighted by Gasteiger charge is 2.20. The number of hydrogen-bond acceptors (Lipinski definition) is 4. The number of phenolic OH excluding ortho intramolecular Hbond substituents is 1. The molecule has 0 aliphatic carbocycles. The topological polar surface area (TPSA) is 48.4 Å². The molecule has 0 bridgehead atoms. The van der Waals surface area contributed by atoms with Gasteiger partial charge in [0.1, 0.15) is 11.6 Å². The molecule has 2 heterocycles. The van der Waals surface area contributed by atoms with E-state index in [-0.39, 0.29) is 0 Å². The van der Waals surface area contributed by atoms with E-state index >= 15 is 0 Å². The first-order valence-electron chi connectivity index (χ1n) is 6.78. The number of anilines is 1. The molecule has 1 aliphatic heterocycles. The molecule has 1 saturated heterocycles. The quantitative estimate of drug-likeness (QED) is 0.865. The normalized spacial score (nSPS) is 19.8. The maximum absolute atomic E-state index is 9.69. The lowest BCUT2D eigenvalue weighted by molar-refractivity contribution is 0.448. The molecular weight excluding hydrogens is 238 g/mol. The summed E-state index contributed by atoms with van der Waals surface area (Å²) in [5.41, 5.74) is 0. The van der Waals surface area contributed by atoms with Crippen LogP contribution in [0.2, 0.25) is 0 Å². The van der Waals surface area contributed by atoms with Gasteiger partial charge in [0, 0.05) is 30.7 Å². The predicted octanol–water partition coefficient (Wildman–Crippen LogP) is 2.13. The summed E-state index contributed by atoms with van der Waals surface area (Å²) in [6, 6.07) is 7.97. The van der Waals surface area contributed by atoms with E-state index in [4.69, 9.17) is 0 Å². The highest BCUT2D eigenvalue weighted by Crippen LogP contribution is 2.29. The number of hydrogen-bond donors (Lipinski definition) is 2. The van der Waals surface area contributed by atoms with Gasteiger partial charge < -0.3 is 15.3 Å². The van der Waals surface area contributed by atoms with Crippen molar-refractivity contribution in [2.24, 2.45) is 0 Å². The number of likely N-dealkylation sites (N-methyl/N-ethyl adjacent to an activating group) is 1. The summed E-state index contributed by atoms with van der Waals surface area (Å²) in [6.45, 7) is 2.00. The molecule has 0 spiro atoms. The standard InChI is InChI=1S/C15H19N3O/c1-16-12-3-2-8-18(10-12)15-14-9-13(19)5-4-11(14)6-7-17-15/h4-7,9,12,16,19H,2-3,8,10H2,1H3. The van der Waals surface area contributed by atoms with Gasteiger partial charge >= 0.3 is 0 Å². The van der Waals surface area contributed by atoms with Gasteiger partial charge in [-0.1, -0.05) is 6.07 Å². The van der Waals surface area contributed by atoms with Crippen LogP contribution in [0.15, 0.2) is 30.5 Å². The molecule has 4 heteroatoms. The number of piperidine rings is 1. The summed E-state index contributed by atoms with van der Waals surface area (Å²) < 4.78 is 0. The lowest BCUT2D eigenvalue weighted by atomic mass is 10.0. The van der Waals surface area contributed by atoms with Crippen LogP contribution < -0.4 is 10.2 Å². The van der Waals surface area contributed by atoms with E-state index < -0.39 is 0 Å². The first kappa shape index (κ1) is 12.2. The Hall–Kier alpha value is -1.81. The third-order valence-corrected chi connectivity index (χ3v) is 3.86. The Morgan fingerprint density at radius 3 is 3.11 bits per heavy atom. The van der Waals surface area contributed by atoms with E-state index in [0.717, 1.165) is 29.7 Å². The lowest BCUT2D eigenvalue weighted by Gasteiger charge is -2.34. The van der Waals surface area contributed by atoms with Crippen molar-refractivity contribution in [1.82, 2.24) is 10.3 Å². The fourth-order valence-corrected chi connectivity index (χ4v) is 2.80. The van der Waals surface area contributed by atoms with Crippen molar-refractivity contribution in [2.45, 2.75) is 18.9 Å². The Morgan fingerprint density at radius 1 is 1.37 bits per heavy atom. The summed E-state index contributed by atoms with van der Waals surface area (Å²) >= 11 is 0. The fourth-order valence-electron chi connectivity index (χ4n) is 2.80. The molecule has 1 fully saturated rings. The summed E-state index contributed by atoms with van der Waals surface area (Å²) in [5, 5.41) is 15.2. The van der Waals surface area contributed by atoms with Crippen LogP contribution in [0.4, 0.5) is 5.82 Å². The monoisotopic (exact) mass is 257 g/mol. The van der Waals surface area contributed by atoms with Gasteiger partial charge in [0.2, 0.25) is 0 Å². The molecule has 1 aliphatic rings. The number of nitrogens with zero attached hydrogens (tertiary/aromatic N) is 2. The molecule has 2 aromatic rings. The van der Waals surface area contributed by atoms with Crippen LogP contribution in [0.25, 0.3) is 10.8 Å². The molecule has 1 aromatic carbocycles. The van der Waals surface area contributed by atoms with Crippen LogP contribution in [0.3, 0.4) is 0 Å². The van der Waals surface area contributed by atoms with Crippen molar-refractivity contribution >= 4 is 16.6 Å². The third-order valence-electron chi connectivity index (χ3n) is 3.86. The number of fused-ring (bicyclic) bond motifs is 1. The molecular formula is C15H19N3O. The zero-order valence-corrected chi connectivity index (χ0v) is 11.1. The van der Waals surface area contributed by atoms with Gasteiger partial charge in [-0.3, -0.25) is 0 Å². The number of benzene rings is 1. The molecule has 19 heavy (non-hydrogen) atoms. The van der Waals surface area contributed by atoms with E-state index in [9.17, 15) is 5.11 Å². The molecule has 1 atom stereocenters. The number of aromatic hydroxyl groups is 1. The average Bonchev–Trinajstić information content (AvgIpc) is 2.46. The van der Waals surface area contributed by atoms with E-state index in [1.807, 2.05) is 25.4 Å². The van der Waals surface area contributed by atoms with Gasteiger partial charge in [-0.25, -0.2) is 4.98 Å². The predicted molar refractivity (Wildman–Crippen MR) is 77.7 cm³/mol. The highest BCUT2D eigenvalue weighted by atomic mass is 16.3. The number of nitrogens with one attached hydrogen (secondary N) is 1. The Balaban J connectivity index is 2.02. The largest absolute Gasteiger partial charge is 0.508 e. The van der Waals surface area contributed by atoms with Crippen LogP contribution in [-0.4, -0.2) is 36.3 Å². The average molecular weight is 257 g/mol. The highest BCUT2D eigenvalue weighted by molar-refractivity contribution is 5.93. The second-order valence-corrected chi connectivity index (χ2v) is 5.11. The van der Waals surface area contributed by atoms with Crippen molar-refractivity contribution in [1.29, 1.82) is 0 Å². The smallest absolute Gasteiger partial charge is 0.136 e.